The summed E-state index contributed by atoms with van der Waals surface area (Å²) in [5.41, 5.74) is 3.77. The van der Waals surface area contributed by atoms with E-state index in [1.165, 1.54) is 0 Å². The van der Waals surface area contributed by atoms with Crippen molar-refractivity contribution in [2.24, 2.45) is 0 Å². The summed E-state index contributed by atoms with van der Waals surface area (Å²) in [4.78, 5) is 4.60. The van der Waals surface area contributed by atoms with Crippen LogP contribution in [0.15, 0.2) is 42.6 Å². The van der Waals surface area contributed by atoms with Gasteiger partial charge >= 0.3 is 0 Å². The van der Waals surface area contributed by atoms with E-state index in [4.69, 9.17) is 23.2 Å². The normalized spacial score (nSPS) is 11.1. The molecule has 0 fully saturated rings. The van der Waals surface area contributed by atoms with Crippen molar-refractivity contribution in [3.05, 3.63) is 58.3 Å². The first-order valence-electron chi connectivity index (χ1n) is 5.56. The molecule has 3 aromatic rings. The summed E-state index contributed by atoms with van der Waals surface area (Å²) < 4.78 is 1.92. The second-order valence-electron chi connectivity index (χ2n) is 4.11. The summed E-state index contributed by atoms with van der Waals surface area (Å²) >= 11 is 12.2. The number of nitrogens with zero attached hydrogens (tertiary/aromatic N) is 2. The number of fused-ring (bicyclic) bond motifs is 1. The van der Waals surface area contributed by atoms with Crippen LogP contribution in [0.2, 0.25) is 10.0 Å². The molecule has 0 saturated heterocycles. The fraction of sp³-hybridized carbons (Fsp3) is 0.0714. The van der Waals surface area contributed by atoms with Gasteiger partial charge in [-0.25, -0.2) is 4.98 Å². The van der Waals surface area contributed by atoms with Crippen LogP contribution in [0.1, 0.15) is 5.69 Å². The van der Waals surface area contributed by atoms with Gasteiger partial charge < -0.3 is 4.40 Å². The SMILES string of the molecule is Cc1c(-c2ccccc2)nc2c(Cl)cc(Cl)cn12. The van der Waals surface area contributed by atoms with Gasteiger partial charge in [-0.3, -0.25) is 0 Å². The third-order valence-electron chi connectivity index (χ3n) is 2.93. The molecule has 18 heavy (non-hydrogen) atoms. The van der Waals surface area contributed by atoms with Gasteiger partial charge in [0.05, 0.1) is 15.7 Å². The molecule has 0 bridgehead atoms. The predicted octanol–water partition coefficient (Wildman–Crippen LogP) is 4.62. The Labute approximate surface area is 115 Å². The van der Waals surface area contributed by atoms with Crippen molar-refractivity contribution in [1.82, 2.24) is 9.38 Å². The molecule has 0 N–H and O–H groups in total. The molecule has 2 heterocycles. The first-order chi connectivity index (χ1) is 8.66. The van der Waals surface area contributed by atoms with Crippen LogP contribution in [-0.2, 0) is 0 Å². The summed E-state index contributed by atoms with van der Waals surface area (Å²) in [6, 6.07) is 11.7. The largest absolute Gasteiger partial charge is 0.301 e. The molecule has 2 nitrogen and oxygen atoms in total. The van der Waals surface area contributed by atoms with Crippen LogP contribution >= 0.6 is 23.2 Å². The molecule has 0 saturated carbocycles. The third-order valence-corrected chi connectivity index (χ3v) is 3.41. The molecule has 0 aliphatic rings. The van der Waals surface area contributed by atoms with Crippen molar-refractivity contribution in [2.75, 3.05) is 0 Å². The van der Waals surface area contributed by atoms with Crippen molar-refractivity contribution < 1.29 is 0 Å². The van der Waals surface area contributed by atoms with Crippen LogP contribution in [-0.4, -0.2) is 9.38 Å². The van der Waals surface area contributed by atoms with Crippen molar-refractivity contribution in [3.8, 4) is 11.3 Å². The number of halogens is 2. The lowest BCUT2D eigenvalue weighted by Crippen LogP contribution is -1.88. The first-order valence-corrected chi connectivity index (χ1v) is 6.31. The van der Waals surface area contributed by atoms with Crippen LogP contribution in [0, 0.1) is 6.92 Å². The molecule has 0 atom stereocenters. The molecular formula is C14H10Cl2N2. The van der Waals surface area contributed by atoms with Crippen molar-refractivity contribution >= 4 is 28.8 Å². The lowest BCUT2D eigenvalue weighted by atomic mass is 10.1. The van der Waals surface area contributed by atoms with E-state index in [2.05, 4.69) is 4.98 Å². The van der Waals surface area contributed by atoms with Gasteiger partial charge in [0, 0.05) is 17.5 Å². The Morgan fingerprint density at radius 3 is 2.56 bits per heavy atom. The van der Waals surface area contributed by atoms with E-state index in [-0.39, 0.29) is 0 Å². The topological polar surface area (TPSA) is 17.3 Å². The Morgan fingerprint density at radius 1 is 1.11 bits per heavy atom. The molecule has 0 radical (unpaired) electrons. The Bertz CT molecular complexity index is 717. The van der Waals surface area contributed by atoms with E-state index in [9.17, 15) is 0 Å². The number of pyridine rings is 1. The standard InChI is InChI=1S/C14H10Cl2N2/c1-9-13(10-5-3-2-4-6-10)17-14-12(16)7-11(15)8-18(9)14/h2-8H,1H3. The Kier molecular flexibility index (Phi) is 2.77. The van der Waals surface area contributed by atoms with Gasteiger partial charge in [0.1, 0.15) is 0 Å². The highest BCUT2D eigenvalue weighted by molar-refractivity contribution is 6.36. The Balaban J connectivity index is 2.33. The molecule has 90 valence electrons. The molecule has 0 amide bonds. The number of hydrogen-bond acceptors (Lipinski definition) is 1. The van der Waals surface area contributed by atoms with Crippen molar-refractivity contribution in [1.29, 1.82) is 0 Å². The number of hydrogen-bond donors (Lipinski definition) is 0. The predicted molar refractivity (Wildman–Crippen MR) is 75.4 cm³/mol. The van der Waals surface area contributed by atoms with Crippen molar-refractivity contribution in [3.63, 3.8) is 0 Å². The highest BCUT2D eigenvalue weighted by Crippen LogP contribution is 2.28. The maximum atomic E-state index is 6.17. The minimum absolute atomic E-state index is 0.563. The summed E-state index contributed by atoms with van der Waals surface area (Å²) in [7, 11) is 0. The maximum absolute atomic E-state index is 6.17. The number of rotatable bonds is 1. The van der Waals surface area contributed by atoms with Crippen LogP contribution in [0.5, 0.6) is 0 Å². The lowest BCUT2D eigenvalue weighted by Gasteiger charge is -2.00. The van der Waals surface area contributed by atoms with E-state index >= 15 is 0 Å². The second-order valence-corrected chi connectivity index (χ2v) is 4.96. The fourth-order valence-corrected chi connectivity index (χ4v) is 2.57. The molecule has 4 heteroatoms. The summed E-state index contributed by atoms with van der Waals surface area (Å²) in [6.07, 6.45) is 1.83. The number of aromatic nitrogens is 2. The van der Waals surface area contributed by atoms with Gasteiger partial charge in [-0.05, 0) is 13.0 Å². The molecule has 1 aromatic carbocycles. The monoisotopic (exact) mass is 276 g/mol. The molecule has 2 aromatic heterocycles. The fourth-order valence-electron chi connectivity index (χ4n) is 2.06. The molecule has 0 spiro atoms. The average molecular weight is 277 g/mol. The maximum Gasteiger partial charge on any atom is 0.156 e. The van der Waals surface area contributed by atoms with Gasteiger partial charge in [0.25, 0.3) is 0 Å². The van der Waals surface area contributed by atoms with E-state index in [0.29, 0.717) is 10.0 Å². The molecule has 0 aliphatic heterocycles. The highest BCUT2D eigenvalue weighted by atomic mass is 35.5. The first kappa shape index (κ1) is 11.6. The summed E-state index contributed by atoms with van der Waals surface area (Å²) in [6.45, 7) is 2.01. The second kappa shape index (κ2) is 4.30. The minimum atomic E-state index is 0.563. The highest BCUT2D eigenvalue weighted by Gasteiger charge is 2.12. The van der Waals surface area contributed by atoms with Crippen molar-refractivity contribution in [2.45, 2.75) is 6.92 Å². The summed E-state index contributed by atoms with van der Waals surface area (Å²) in [5, 5.41) is 1.17. The van der Waals surface area contributed by atoms with Crippen LogP contribution in [0.4, 0.5) is 0 Å². The number of imidazole rings is 1. The third kappa shape index (κ3) is 1.78. The smallest absolute Gasteiger partial charge is 0.156 e. The quantitative estimate of drug-likeness (QED) is 0.634. The van der Waals surface area contributed by atoms with Crippen LogP contribution in [0.3, 0.4) is 0 Å². The number of benzene rings is 1. The Hall–Kier alpha value is -1.51. The average Bonchev–Trinajstić information content (AvgIpc) is 2.69. The zero-order chi connectivity index (χ0) is 12.7. The van der Waals surface area contributed by atoms with E-state index in [1.54, 1.807) is 6.07 Å². The van der Waals surface area contributed by atoms with Gasteiger partial charge in [-0.1, -0.05) is 53.5 Å². The lowest BCUT2D eigenvalue weighted by molar-refractivity contribution is 1.11. The van der Waals surface area contributed by atoms with Crippen LogP contribution in [0.25, 0.3) is 16.9 Å². The minimum Gasteiger partial charge on any atom is -0.301 e. The van der Waals surface area contributed by atoms with Gasteiger partial charge in [-0.15, -0.1) is 0 Å². The zero-order valence-corrected chi connectivity index (χ0v) is 11.2. The molecule has 3 rings (SSSR count). The van der Waals surface area contributed by atoms with Gasteiger partial charge in [0.15, 0.2) is 5.65 Å². The van der Waals surface area contributed by atoms with Gasteiger partial charge in [0.2, 0.25) is 0 Å². The van der Waals surface area contributed by atoms with Gasteiger partial charge in [-0.2, -0.15) is 0 Å². The summed E-state index contributed by atoms with van der Waals surface area (Å²) in [5.74, 6) is 0. The molecular weight excluding hydrogens is 267 g/mol. The number of aryl methyl sites for hydroxylation is 1. The van der Waals surface area contributed by atoms with E-state index in [1.807, 2.05) is 47.9 Å². The Morgan fingerprint density at radius 2 is 1.83 bits per heavy atom. The molecule has 0 aliphatic carbocycles. The molecule has 0 unspecified atom stereocenters. The van der Waals surface area contributed by atoms with E-state index in [0.717, 1.165) is 22.6 Å². The van der Waals surface area contributed by atoms with E-state index < -0.39 is 0 Å². The van der Waals surface area contributed by atoms with Crippen LogP contribution < -0.4 is 0 Å². The zero-order valence-electron chi connectivity index (χ0n) is 9.69.